The molecule has 2 heterocycles. The fourth-order valence-electron chi connectivity index (χ4n) is 2.26. The summed E-state index contributed by atoms with van der Waals surface area (Å²) in [5.41, 5.74) is 5.47. The second kappa shape index (κ2) is 7.39. The molecule has 2 amide bonds. The second-order valence-electron chi connectivity index (χ2n) is 5.13. The van der Waals surface area contributed by atoms with Gasteiger partial charge in [-0.05, 0) is 6.08 Å². The SMILES string of the molecule is NC1C=CN(C2OC(COP(=O)(O)O)C(OP(=O)(O)O)C2O)C(=O)N1. The molecule has 8 N–H and O–H groups in total. The Balaban J connectivity index is 2.20. The van der Waals surface area contributed by atoms with E-state index in [-0.39, 0.29) is 0 Å². The monoisotopic (exact) mass is 405 g/mol. The molecule has 2 aliphatic heterocycles. The van der Waals surface area contributed by atoms with Gasteiger partial charge in [0.15, 0.2) is 6.23 Å². The molecule has 2 aliphatic rings. The molecule has 0 aromatic carbocycles. The molecule has 0 saturated carbocycles. The van der Waals surface area contributed by atoms with Gasteiger partial charge in [0.05, 0.1) is 12.8 Å². The van der Waals surface area contributed by atoms with Crippen molar-refractivity contribution in [2.24, 2.45) is 5.73 Å². The van der Waals surface area contributed by atoms with Crippen molar-refractivity contribution in [3.63, 3.8) is 0 Å². The average Bonchev–Trinajstić information content (AvgIpc) is 2.72. The molecule has 0 bridgehead atoms. The van der Waals surface area contributed by atoms with Crippen molar-refractivity contribution in [1.82, 2.24) is 10.2 Å². The normalized spacial score (nSPS) is 33.6. The summed E-state index contributed by atoms with van der Waals surface area (Å²) in [6, 6.07) is -0.773. The molecule has 5 atom stereocenters. The fourth-order valence-corrected chi connectivity index (χ4v) is 3.18. The Hall–Kier alpha value is -0.890. The smallest absolute Gasteiger partial charge is 0.386 e. The van der Waals surface area contributed by atoms with E-state index in [2.05, 4.69) is 14.4 Å². The first-order valence-electron chi connectivity index (χ1n) is 6.68. The predicted octanol–water partition coefficient (Wildman–Crippen LogP) is -2.52. The van der Waals surface area contributed by atoms with Gasteiger partial charge in [0, 0.05) is 6.20 Å². The van der Waals surface area contributed by atoms with E-state index in [9.17, 15) is 19.0 Å². The van der Waals surface area contributed by atoms with Gasteiger partial charge in [-0.15, -0.1) is 0 Å². The van der Waals surface area contributed by atoms with Gasteiger partial charge in [-0.1, -0.05) is 0 Å². The summed E-state index contributed by atoms with van der Waals surface area (Å²) in [5, 5.41) is 12.5. The van der Waals surface area contributed by atoms with Crippen LogP contribution in [0.5, 0.6) is 0 Å². The molecule has 0 aliphatic carbocycles. The lowest BCUT2D eigenvalue weighted by molar-refractivity contribution is -0.0653. The molecular weight excluding hydrogens is 388 g/mol. The standard InChI is InChI=1S/C9H17N3O11P2/c10-5-1-2-12(9(14)11-5)8-6(13)7(23-25(18,19)20)4(22-8)3-21-24(15,16)17/h1-2,4-8,13H,3,10H2,(H,11,14)(H2,15,16,17)(H2,18,19,20). The molecular formula is C9H17N3O11P2. The number of aliphatic hydroxyl groups excluding tert-OH is 1. The number of hydrogen-bond acceptors (Lipinski definition) is 8. The van der Waals surface area contributed by atoms with Gasteiger partial charge in [-0.3, -0.25) is 13.9 Å². The van der Waals surface area contributed by atoms with Crippen LogP contribution >= 0.6 is 15.6 Å². The molecule has 14 nitrogen and oxygen atoms in total. The minimum atomic E-state index is -5.09. The Kier molecular flexibility index (Phi) is 6.03. The summed E-state index contributed by atoms with van der Waals surface area (Å²) in [5.74, 6) is 0. The summed E-state index contributed by atoms with van der Waals surface area (Å²) in [6.07, 6.45) is -4.70. The van der Waals surface area contributed by atoms with Gasteiger partial charge in [0.25, 0.3) is 0 Å². The summed E-state index contributed by atoms with van der Waals surface area (Å²) in [7, 11) is -10.0. The zero-order chi connectivity index (χ0) is 19.0. The number of carbonyl (C=O) groups is 1. The third-order valence-corrected chi connectivity index (χ3v) is 4.23. The van der Waals surface area contributed by atoms with Gasteiger partial charge >= 0.3 is 21.7 Å². The summed E-state index contributed by atoms with van der Waals surface area (Å²) >= 11 is 0. The minimum absolute atomic E-state index is 0.773. The Morgan fingerprint density at radius 2 is 1.92 bits per heavy atom. The van der Waals surface area contributed by atoms with Crippen LogP contribution < -0.4 is 11.1 Å². The largest absolute Gasteiger partial charge is 0.470 e. The molecule has 0 radical (unpaired) electrons. The lowest BCUT2D eigenvalue weighted by Crippen LogP contribution is -2.55. The Morgan fingerprint density at radius 1 is 1.28 bits per heavy atom. The number of phosphoric acid groups is 2. The van der Waals surface area contributed by atoms with Crippen LogP contribution in [-0.4, -0.2) is 72.9 Å². The maximum absolute atomic E-state index is 11.9. The zero-order valence-electron chi connectivity index (χ0n) is 12.4. The predicted molar refractivity (Wildman–Crippen MR) is 77.1 cm³/mol. The number of urea groups is 1. The maximum Gasteiger partial charge on any atom is 0.470 e. The summed E-state index contributed by atoms with van der Waals surface area (Å²) in [4.78, 5) is 48.1. The van der Waals surface area contributed by atoms with Crippen molar-refractivity contribution < 1.29 is 52.4 Å². The van der Waals surface area contributed by atoms with Crippen LogP contribution in [0.25, 0.3) is 0 Å². The number of nitrogens with one attached hydrogen (secondary N) is 1. The highest BCUT2D eigenvalue weighted by Gasteiger charge is 2.51. The van der Waals surface area contributed by atoms with Gasteiger partial charge in [0.2, 0.25) is 0 Å². The molecule has 1 saturated heterocycles. The number of hydrogen-bond donors (Lipinski definition) is 7. The highest BCUT2D eigenvalue weighted by atomic mass is 31.2. The molecule has 0 spiro atoms. The number of aliphatic hydroxyl groups is 1. The molecule has 16 heteroatoms. The maximum atomic E-state index is 11.9. The van der Waals surface area contributed by atoms with Crippen LogP contribution in [0.4, 0.5) is 4.79 Å². The van der Waals surface area contributed by atoms with E-state index in [0.29, 0.717) is 0 Å². The quantitative estimate of drug-likeness (QED) is 0.228. The number of phosphoric ester groups is 2. The second-order valence-corrected chi connectivity index (χ2v) is 7.56. The molecule has 144 valence electrons. The number of nitrogens with two attached hydrogens (primary N) is 1. The van der Waals surface area contributed by atoms with Gasteiger partial charge in [0.1, 0.15) is 18.3 Å². The molecule has 0 aromatic heterocycles. The van der Waals surface area contributed by atoms with Crippen molar-refractivity contribution in [1.29, 1.82) is 0 Å². The van der Waals surface area contributed by atoms with Crippen molar-refractivity contribution in [3.05, 3.63) is 12.3 Å². The summed E-state index contributed by atoms with van der Waals surface area (Å²) < 4.78 is 35.8. The molecule has 2 rings (SSSR count). The lowest BCUT2D eigenvalue weighted by Gasteiger charge is -2.31. The van der Waals surface area contributed by atoms with Gasteiger partial charge < -0.3 is 40.5 Å². The number of nitrogens with zero attached hydrogens (tertiary/aromatic N) is 1. The topological polar surface area (TPSA) is 221 Å². The van der Waals surface area contributed by atoms with E-state index in [1.165, 1.54) is 12.3 Å². The van der Waals surface area contributed by atoms with E-state index < -0.39 is 59.0 Å². The van der Waals surface area contributed by atoms with E-state index in [1.807, 2.05) is 0 Å². The zero-order valence-corrected chi connectivity index (χ0v) is 14.1. The highest BCUT2D eigenvalue weighted by molar-refractivity contribution is 7.46. The Labute approximate surface area is 140 Å². The van der Waals surface area contributed by atoms with E-state index in [0.717, 1.165) is 4.90 Å². The van der Waals surface area contributed by atoms with Crippen molar-refractivity contribution >= 4 is 21.7 Å². The van der Waals surface area contributed by atoms with E-state index in [1.54, 1.807) is 0 Å². The van der Waals surface area contributed by atoms with Crippen LogP contribution in [0.3, 0.4) is 0 Å². The van der Waals surface area contributed by atoms with Crippen molar-refractivity contribution in [3.8, 4) is 0 Å². The lowest BCUT2D eigenvalue weighted by atomic mass is 10.1. The third-order valence-electron chi connectivity index (χ3n) is 3.23. The van der Waals surface area contributed by atoms with Gasteiger partial charge in [-0.2, -0.15) is 0 Å². The first kappa shape index (κ1) is 20.4. The average molecular weight is 405 g/mol. The highest BCUT2D eigenvalue weighted by Crippen LogP contribution is 2.44. The minimum Gasteiger partial charge on any atom is -0.386 e. The van der Waals surface area contributed by atoms with E-state index >= 15 is 0 Å². The third kappa shape index (κ3) is 5.54. The fraction of sp³-hybridized carbons (Fsp3) is 0.667. The van der Waals surface area contributed by atoms with Crippen LogP contribution in [0, 0.1) is 0 Å². The first-order valence-corrected chi connectivity index (χ1v) is 9.74. The number of amides is 2. The molecule has 1 fully saturated rings. The molecule has 5 unspecified atom stereocenters. The molecule has 0 aromatic rings. The first-order chi connectivity index (χ1) is 11.4. The van der Waals surface area contributed by atoms with Crippen molar-refractivity contribution in [2.75, 3.05) is 6.61 Å². The number of carbonyl (C=O) groups excluding carboxylic acids is 1. The van der Waals surface area contributed by atoms with E-state index in [4.69, 9.17) is 30.0 Å². The van der Waals surface area contributed by atoms with Crippen molar-refractivity contribution in [2.45, 2.75) is 30.7 Å². The Morgan fingerprint density at radius 3 is 2.44 bits per heavy atom. The molecule has 25 heavy (non-hydrogen) atoms. The van der Waals surface area contributed by atoms with Crippen LogP contribution in [0.15, 0.2) is 12.3 Å². The Bertz CT molecular complexity index is 632. The number of ether oxygens (including phenoxy) is 1. The van der Waals surface area contributed by atoms with Gasteiger partial charge in [-0.25, -0.2) is 13.9 Å². The van der Waals surface area contributed by atoms with Crippen LogP contribution in [-0.2, 0) is 22.9 Å². The van der Waals surface area contributed by atoms with Crippen LogP contribution in [0.1, 0.15) is 0 Å². The van der Waals surface area contributed by atoms with Crippen LogP contribution in [0.2, 0.25) is 0 Å². The number of rotatable bonds is 6. The summed E-state index contributed by atoms with van der Waals surface area (Å²) in [6.45, 7) is -0.860.